The molecule has 0 bridgehead atoms. The molecule has 0 aliphatic carbocycles. The Morgan fingerprint density at radius 1 is 1.57 bits per heavy atom. The van der Waals surface area contributed by atoms with Gasteiger partial charge in [-0.2, -0.15) is 0 Å². The Morgan fingerprint density at radius 3 is 3.21 bits per heavy atom. The molecule has 0 unspecified atom stereocenters. The molecule has 14 heavy (non-hydrogen) atoms. The number of nitrogens with zero attached hydrogens (tertiary/aromatic N) is 1. The van der Waals surface area contributed by atoms with Gasteiger partial charge in [-0.25, -0.2) is 0 Å². The summed E-state index contributed by atoms with van der Waals surface area (Å²) in [7, 11) is 0. The molecule has 74 valence electrons. The van der Waals surface area contributed by atoms with Gasteiger partial charge in [-0.3, -0.25) is 0 Å². The van der Waals surface area contributed by atoms with Crippen LogP contribution in [0.25, 0.3) is 0 Å². The van der Waals surface area contributed by atoms with E-state index in [9.17, 15) is 0 Å². The van der Waals surface area contributed by atoms with Gasteiger partial charge in [0.15, 0.2) is 0 Å². The molecule has 0 fully saturated rings. The van der Waals surface area contributed by atoms with Crippen LogP contribution < -0.4 is 9.64 Å². The van der Waals surface area contributed by atoms with E-state index in [4.69, 9.17) is 4.74 Å². The van der Waals surface area contributed by atoms with Gasteiger partial charge in [-0.1, -0.05) is 22.0 Å². The summed E-state index contributed by atoms with van der Waals surface area (Å²) in [6.45, 7) is 6.30. The quantitative estimate of drug-likeness (QED) is 0.752. The molecule has 0 saturated heterocycles. The normalized spacial score (nSPS) is 14.5. The molecule has 1 heterocycles. The van der Waals surface area contributed by atoms with Crippen LogP contribution in [0.5, 0.6) is 5.75 Å². The molecule has 1 aliphatic rings. The molecule has 0 saturated carbocycles. The number of halogens is 1. The molecule has 0 amide bonds. The van der Waals surface area contributed by atoms with Gasteiger partial charge in [0.2, 0.25) is 0 Å². The second-order valence-electron chi connectivity index (χ2n) is 3.20. The first-order valence-corrected chi connectivity index (χ1v) is 5.39. The Morgan fingerprint density at radius 2 is 2.43 bits per heavy atom. The molecule has 1 aromatic rings. The number of ether oxygens (including phenoxy) is 1. The Balaban J connectivity index is 2.36. The fourth-order valence-electron chi connectivity index (χ4n) is 1.59. The molecule has 0 atom stereocenters. The van der Waals surface area contributed by atoms with Crippen molar-refractivity contribution in [2.45, 2.75) is 0 Å². The van der Waals surface area contributed by atoms with Crippen LogP contribution in [0.15, 0.2) is 35.3 Å². The number of hydrogen-bond donors (Lipinski definition) is 0. The van der Waals surface area contributed by atoms with E-state index in [2.05, 4.69) is 33.5 Å². The molecule has 3 heteroatoms. The van der Waals surface area contributed by atoms with Crippen molar-refractivity contribution in [1.82, 2.24) is 0 Å². The topological polar surface area (TPSA) is 12.5 Å². The van der Waals surface area contributed by atoms with Crippen LogP contribution in [0, 0.1) is 0 Å². The van der Waals surface area contributed by atoms with Gasteiger partial charge in [0.25, 0.3) is 0 Å². The molecular formula is C11H12BrNO. The fourth-order valence-corrected chi connectivity index (χ4v) is 1.94. The maximum absolute atomic E-state index is 5.56. The lowest BCUT2D eigenvalue weighted by atomic mass is 10.2. The van der Waals surface area contributed by atoms with Crippen molar-refractivity contribution in [3.8, 4) is 5.75 Å². The van der Waals surface area contributed by atoms with Crippen LogP contribution in [-0.4, -0.2) is 19.7 Å². The predicted molar refractivity (Wildman–Crippen MR) is 62.0 cm³/mol. The summed E-state index contributed by atoms with van der Waals surface area (Å²) < 4.78 is 6.64. The summed E-state index contributed by atoms with van der Waals surface area (Å²) in [5.74, 6) is 0.960. The fraction of sp³-hybridized carbons (Fsp3) is 0.273. The predicted octanol–water partition coefficient (Wildman–Crippen LogP) is 2.83. The summed E-state index contributed by atoms with van der Waals surface area (Å²) >= 11 is 3.46. The lowest BCUT2D eigenvalue weighted by Gasteiger charge is -2.30. The highest BCUT2D eigenvalue weighted by Gasteiger charge is 2.16. The van der Waals surface area contributed by atoms with Gasteiger partial charge < -0.3 is 9.64 Å². The van der Waals surface area contributed by atoms with E-state index in [1.165, 1.54) is 0 Å². The lowest BCUT2D eigenvalue weighted by Crippen LogP contribution is -2.32. The van der Waals surface area contributed by atoms with E-state index in [0.717, 1.165) is 35.6 Å². The minimum Gasteiger partial charge on any atom is -0.490 e. The molecule has 1 aliphatic heterocycles. The second kappa shape index (κ2) is 4.05. The Bertz CT molecular complexity index is 351. The van der Waals surface area contributed by atoms with Gasteiger partial charge >= 0.3 is 0 Å². The maximum Gasteiger partial charge on any atom is 0.142 e. The summed E-state index contributed by atoms with van der Waals surface area (Å²) in [6, 6.07) is 6.07. The van der Waals surface area contributed by atoms with Crippen molar-refractivity contribution < 1.29 is 4.74 Å². The van der Waals surface area contributed by atoms with E-state index in [1.807, 2.05) is 18.2 Å². The molecule has 0 radical (unpaired) electrons. The molecular weight excluding hydrogens is 242 g/mol. The van der Waals surface area contributed by atoms with Crippen LogP contribution in [0.4, 0.5) is 5.69 Å². The van der Waals surface area contributed by atoms with Gasteiger partial charge in [0.1, 0.15) is 12.4 Å². The minimum atomic E-state index is 0.752. The highest BCUT2D eigenvalue weighted by molar-refractivity contribution is 9.10. The lowest BCUT2D eigenvalue weighted by molar-refractivity contribution is 0.309. The van der Waals surface area contributed by atoms with E-state index in [1.54, 1.807) is 0 Å². The number of rotatable bonds is 2. The third kappa shape index (κ3) is 1.77. The van der Waals surface area contributed by atoms with Gasteiger partial charge in [-0.15, -0.1) is 6.58 Å². The highest BCUT2D eigenvalue weighted by Crippen LogP contribution is 2.33. The van der Waals surface area contributed by atoms with Crippen LogP contribution in [0.2, 0.25) is 0 Å². The Hall–Kier alpha value is -0.960. The van der Waals surface area contributed by atoms with E-state index < -0.39 is 0 Å². The first-order chi connectivity index (χ1) is 6.81. The summed E-state index contributed by atoms with van der Waals surface area (Å²) in [5, 5.41) is 0. The van der Waals surface area contributed by atoms with Crippen LogP contribution >= 0.6 is 15.9 Å². The number of benzene rings is 1. The van der Waals surface area contributed by atoms with Crippen molar-refractivity contribution >= 4 is 21.6 Å². The van der Waals surface area contributed by atoms with Crippen molar-refractivity contribution in [3.63, 3.8) is 0 Å². The standard InChI is InChI=1S/C11H12BrNO/c1-2-5-13-6-7-14-11-4-3-9(12)8-10(11)13/h2-4,8H,1,5-7H2. The van der Waals surface area contributed by atoms with Crippen LogP contribution in [0.3, 0.4) is 0 Å². The summed E-state index contributed by atoms with van der Waals surface area (Å²) in [5.41, 5.74) is 1.14. The zero-order chi connectivity index (χ0) is 9.97. The maximum atomic E-state index is 5.56. The van der Waals surface area contributed by atoms with Crippen LogP contribution in [0.1, 0.15) is 0 Å². The molecule has 0 N–H and O–H groups in total. The monoisotopic (exact) mass is 253 g/mol. The van der Waals surface area contributed by atoms with E-state index in [-0.39, 0.29) is 0 Å². The first-order valence-electron chi connectivity index (χ1n) is 4.59. The number of hydrogen-bond acceptors (Lipinski definition) is 2. The van der Waals surface area contributed by atoms with Crippen molar-refractivity contribution in [1.29, 1.82) is 0 Å². The molecule has 2 rings (SSSR count). The molecule has 0 spiro atoms. The number of fused-ring (bicyclic) bond motifs is 1. The molecule has 2 nitrogen and oxygen atoms in total. The highest BCUT2D eigenvalue weighted by atomic mass is 79.9. The Labute approximate surface area is 92.3 Å². The SMILES string of the molecule is C=CCN1CCOc2ccc(Br)cc21. The zero-order valence-corrected chi connectivity index (χ0v) is 9.46. The second-order valence-corrected chi connectivity index (χ2v) is 4.11. The van der Waals surface area contributed by atoms with Crippen molar-refractivity contribution in [2.75, 3.05) is 24.6 Å². The van der Waals surface area contributed by atoms with Gasteiger partial charge in [0.05, 0.1) is 12.2 Å². The smallest absolute Gasteiger partial charge is 0.142 e. The largest absolute Gasteiger partial charge is 0.490 e. The van der Waals surface area contributed by atoms with Crippen molar-refractivity contribution in [3.05, 3.63) is 35.3 Å². The molecule has 0 aromatic heterocycles. The average Bonchev–Trinajstić information content (AvgIpc) is 2.19. The summed E-state index contributed by atoms with van der Waals surface area (Å²) in [6.07, 6.45) is 1.91. The molecule has 1 aromatic carbocycles. The van der Waals surface area contributed by atoms with E-state index >= 15 is 0 Å². The zero-order valence-electron chi connectivity index (χ0n) is 7.87. The third-order valence-corrected chi connectivity index (χ3v) is 2.72. The van der Waals surface area contributed by atoms with Crippen molar-refractivity contribution in [2.24, 2.45) is 0 Å². The van der Waals surface area contributed by atoms with E-state index in [0.29, 0.717) is 0 Å². The van der Waals surface area contributed by atoms with Crippen LogP contribution in [-0.2, 0) is 0 Å². The van der Waals surface area contributed by atoms with Gasteiger partial charge in [0, 0.05) is 11.0 Å². The number of anilines is 1. The summed E-state index contributed by atoms with van der Waals surface area (Å²) in [4.78, 5) is 2.26. The minimum absolute atomic E-state index is 0.752. The van der Waals surface area contributed by atoms with Gasteiger partial charge in [-0.05, 0) is 18.2 Å². The third-order valence-electron chi connectivity index (χ3n) is 2.23. The first kappa shape index (κ1) is 9.59. The average molecular weight is 254 g/mol. The Kier molecular flexibility index (Phi) is 2.77.